The van der Waals surface area contributed by atoms with Gasteiger partial charge in [-0.25, -0.2) is 14.8 Å². The molecular weight excluding hydrogens is 328 g/mol. The molecular formula is C17H11ClN4O2. The van der Waals surface area contributed by atoms with Gasteiger partial charge in [0.1, 0.15) is 17.8 Å². The Morgan fingerprint density at radius 1 is 1.17 bits per heavy atom. The van der Waals surface area contributed by atoms with E-state index >= 15 is 0 Å². The number of carbonyl (C=O) groups is 1. The highest BCUT2D eigenvalue weighted by Gasteiger charge is 2.13. The Hall–Kier alpha value is -3.12. The van der Waals surface area contributed by atoms with E-state index in [1.807, 2.05) is 12.1 Å². The summed E-state index contributed by atoms with van der Waals surface area (Å²) in [6.07, 6.45) is 1.45. The average Bonchev–Trinajstić information content (AvgIpc) is 2.93. The summed E-state index contributed by atoms with van der Waals surface area (Å²) < 4.78 is 0. The van der Waals surface area contributed by atoms with E-state index in [2.05, 4.69) is 20.3 Å². The number of hydrogen-bond donors (Lipinski definition) is 3. The first-order valence-corrected chi connectivity index (χ1v) is 7.52. The van der Waals surface area contributed by atoms with Gasteiger partial charge < -0.3 is 15.4 Å². The number of carboxylic acids is 1. The van der Waals surface area contributed by atoms with Gasteiger partial charge in [0.25, 0.3) is 0 Å². The van der Waals surface area contributed by atoms with Crippen molar-refractivity contribution in [3.63, 3.8) is 0 Å². The number of anilines is 2. The summed E-state index contributed by atoms with van der Waals surface area (Å²) in [4.78, 5) is 22.9. The Kier molecular flexibility index (Phi) is 3.32. The third kappa shape index (κ3) is 2.43. The zero-order chi connectivity index (χ0) is 16.7. The Labute approximate surface area is 141 Å². The summed E-state index contributed by atoms with van der Waals surface area (Å²) in [7, 11) is 0. The second-order valence-electron chi connectivity index (χ2n) is 5.27. The molecule has 0 spiro atoms. The fourth-order valence-electron chi connectivity index (χ4n) is 2.65. The molecule has 0 fully saturated rings. The van der Waals surface area contributed by atoms with Crippen molar-refractivity contribution in [3.8, 4) is 0 Å². The van der Waals surface area contributed by atoms with Gasteiger partial charge in [-0.15, -0.1) is 0 Å². The number of aromatic carboxylic acids is 1. The number of aromatic nitrogens is 3. The van der Waals surface area contributed by atoms with E-state index in [-0.39, 0.29) is 5.56 Å². The molecule has 0 saturated carbocycles. The lowest BCUT2D eigenvalue weighted by Gasteiger charge is -2.07. The summed E-state index contributed by atoms with van der Waals surface area (Å²) in [6, 6.07) is 12.2. The van der Waals surface area contributed by atoms with E-state index in [0.29, 0.717) is 16.5 Å². The Morgan fingerprint density at radius 3 is 2.83 bits per heavy atom. The highest BCUT2D eigenvalue weighted by Crippen LogP contribution is 2.31. The van der Waals surface area contributed by atoms with Crippen LogP contribution < -0.4 is 5.32 Å². The second kappa shape index (κ2) is 5.50. The SMILES string of the molecule is O=C(O)c1ccc2[nH]c3ncnc(Nc4cccc(Cl)c4)c3c2c1. The minimum absolute atomic E-state index is 0.209. The van der Waals surface area contributed by atoms with Gasteiger partial charge in [-0.2, -0.15) is 0 Å². The Morgan fingerprint density at radius 2 is 2.04 bits per heavy atom. The fraction of sp³-hybridized carbons (Fsp3) is 0. The molecule has 2 heterocycles. The lowest BCUT2D eigenvalue weighted by Crippen LogP contribution is -1.96. The summed E-state index contributed by atoms with van der Waals surface area (Å²) in [5.74, 6) is -0.400. The summed E-state index contributed by atoms with van der Waals surface area (Å²) in [5.41, 5.74) is 2.42. The summed E-state index contributed by atoms with van der Waals surface area (Å²) in [5, 5.41) is 14.5. The average molecular weight is 339 g/mol. The fourth-order valence-corrected chi connectivity index (χ4v) is 2.84. The first kappa shape index (κ1) is 14.5. The topological polar surface area (TPSA) is 90.9 Å². The van der Waals surface area contributed by atoms with E-state index in [1.165, 1.54) is 6.33 Å². The number of hydrogen-bond acceptors (Lipinski definition) is 4. The molecule has 0 unspecified atom stereocenters. The van der Waals surface area contributed by atoms with Crippen LogP contribution in [0.5, 0.6) is 0 Å². The third-order valence-electron chi connectivity index (χ3n) is 3.72. The van der Waals surface area contributed by atoms with Crippen LogP contribution in [0.2, 0.25) is 5.02 Å². The van der Waals surface area contributed by atoms with Gasteiger partial charge in [-0.05, 0) is 36.4 Å². The monoisotopic (exact) mass is 338 g/mol. The van der Waals surface area contributed by atoms with Crippen LogP contribution in [0.15, 0.2) is 48.8 Å². The zero-order valence-electron chi connectivity index (χ0n) is 12.2. The van der Waals surface area contributed by atoms with Crippen molar-refractivity contribution in [3.05, 3.63) is 59.4 Å². The molecule has 0 amide bonds. The molecule has 2 aromatic carbocycles. The number of rotatable bonds is 3. The van der Waals surface area contributed by atoms with E-state index in [0.717, 1.165) is 22.0 Å². The lowest BCUT2D eigenvalue weighted by atomic mass is 10.1. The molecule has 118 valence electrons. The predicted octanol–water partition coefficient (Wildman–Crippen LogP) is 4.21. The highest BCUT2D eigenvalue weighted by atomic mass is 35.5. The minimum atomic E-state index is -0.979. The molecule has 0 aliphatic heterocycles. The maximum atomic E-state index is 11.2. The zero-order valence-corrected chi connectivity index (χ0v) is 13.0. The molecule has 7 heteroatoms. The van der Waals surface area contributed by atoms with Crippen molar-refractivity contribution in [1.29, 1.82) is 0 Å². The number of aromatic amines is 1. The van der Waals surface area contributed by atoms with Crippen molar-refractivity contribution < 1.29 is 9.90 Å². The van der Waals surface area contributed by atoms with Crippen LogP contribution in [-0.4, -0.2) is 26.0 Å². The number of nitrogens with zero attached hydrogens (tertiary/aromatic N) is 2. The molecule has 4 rings (SSSR count). The molecule has 0 saturated heterocycles. The molecule has 2 aromatic heterocycles. The summed E-state index contributed by atoms with van der Waals surface area (Å²) >= 11 is 6.01. The molecule has 0 atom stereocenters. The Balaban J connectivity index is 1.93. The van der Waals surface area contributed by atoms with E-state index in [1.54, 1.807) is 30.3 Å². The van der Waals surface area contributed by atoms with Crippen molar-refractivity contribution >= 4 is 51.0 Å². The van der Waals surface area contributed by atoms with Crippen LogP contribution in [0.25, 0.3) is 21.9 Å². The van der Waals surface area contributed by atoms with Gasteiger partial charge >= 0.3 is 5.97 Å². The quantitative estimate of drug-likeness (QED) is 0.520. The lowest BCUT2D eigenvalue weighted by molar-refractivity contribution is 0.0697. The molecule has 0 radical (unpaired) electrons. The molecule has 0 aliphatic carbocycles. The van der Waals surface area contributed by atoms with Crippen molar-refractivity contribution in [2.24, 2.45) is 0 Å². The first-order chi connectivity index (χ1) is 11.6. The molecule has 0 bridgehead atoms. The number of halogens is 1. The standard InChI is InChI=1S/C17H11ClN4O2/c18-10-2-1-3-11(7-10)21-15-14-12-6-9(17(23)24)4-5-13(12)22-16(14)20-8-19-15/h1-8H,(H,23,24)(H2,19,20,21,22). The van der Waals surface area contributed by atoms with Crippen LogP contribution in [0.3, 0.4) is 0 Å². The highest BCUT2D eigenvalue weighted by molar-refractivity contribution is 6.30. The maximum Gasteiger partial charge on any atom is 0.335 e. The van der Waals surface area contributed by atoms with Crippen LogP contribution in [0.4, 0.5) is 11.5 Å². The van der Waals surface area contributed by atoms with Crippen LogP contribution in [0, 0.1) is 0 Å². The number of nitrogens with one attached hydrogen (secondary N) is 2. The van der Waals surface area contributed by atoms with Gasteiger partial charge in [0.05, 0.1) is 10.9 Å². The number of benzene rings is 2. The molecule has 3 N–H and O–H groups in total. The van der Waals surface area contributed by atoms with Crippen LogP contribution in [-0.2, 0) is 0 Å². The third-order valence-corrected chi connectivity index (χ3v) is 3.96. The van der Waals surface area contributed by atoms with Gasteiger partial charge in [0.2, 0.25) is 0 Å². The molecule has 0 aliphatic rings. The van der Waals surface area contributed by atoms with E-state index in [4.69, 9.17) is 11.6 Å². The van der Waals surface area contributed by atoms with E-state index < -0.39 is 5.97 Å². The largest absolute Gasteiger partial charge is 0.478 e. The Bertz CT molecular complexity index is 1090. The van der Waals surface area contributed by atoms with Gasteiger partial charge in [-0.1, -0.05) is 17.7 Å². The van der Waals surface area contributed by atoms with Crippen LogP contribution in [0.1, 0.15) is 10.4 Å². The molecule has 6 nitrogen and oxygen atoms in total. The summed E-state index contributed by atoms with van der Waals surface area (Å²) in [6.45, 7) is 0. The predicted molar refractivity (Wildman–Crippen MR) is 93.1 cm³/mol. The van der Waals surface area contributed by atoms with Gasteiger partial charge in [0.15, 0.2) is 0 Å². The van der Waals surface area contributed by atoms with Crippen molar-refractivity contribution in [2.75, 3.05) is 5.32 Å². The number of carboxylic acid groups (broad SMARTS) is 1. The minimum Gasteiger partial charge on any atom is -0.478 e. The number of fused-ring (bicyclic) bond motifs is 3. The first-order valence-electron chi connectivity index (χ1n) is 7.14. The van der Waals surface area contributed by atoms with Gasteiger partial charge in [0, 0.05) is 21.6 Å². The molecule has 24 heavy (non-hydrogen) atoms. The van der Waals surface area contributed by atoms with Gasteiger partial charge in [-0.3, -0.25) is 0 Å². The second-order valence-corrected chi connectivity index (χ2v) is 5.71. The van der Waals surface area contributed by atoms with Crippen molar-refractivity contribution in [2.45, 2.75) is 0 Å². The smallest absolute Gasteiger partial charge is 0.335 e. The number of H-pyrrole nitrogens is 1. The normalized spacial score (nSPS) is 11.0. The van der Waals surface area contributed by atoms with E-state index in [9.17, 15) is 9.90 Å². The molecule has 4 aromatic rings. The maximum absolute atomic E-state index is 11.2. The van der Waals surface area contributed by atoms with Crippen molar-refractivity contribution in [1.82, 2.24) is 15.0 Å². The van der Waals surface area contributed by atoms with Crippen LogP contribution >= 0.6 is 11.6 Å².